The average molecular weight is 291 g/mol. The van der Waals surface area contributed by atoms with Gasteiger partial charge in [0, 0.05) is 18.5 Å². The van der Waals surface area contributed by atoms with Crippen LogP contribution in [0.5, 0.6) is 0 Å². The van der Waals surface area contributed by atoms with Crippen LogP contribution in [0.15, 0.2) is 24.3 Å². The summed E-state index contributed by atoms with van der Waals surface area (Å²) in [6, 6.07) is 6.56. The molecule has 0 heterocycles. The fourth-order valence-electron chi connectivity index (χ4n) is 2.43. The molecular weight excluding hydrogens is 265 g/mol. The summed E-state index contributed by atoms with van der Waals surface area (Å²) in [5.41, 5.74) is 0.516. The number of halogens is 1. The number of rotatable bonds is 7. The Labute approximate surface area is 127 Å². The summed E-state index contributed by atoms with van der Waals surface area (Å²) < 4.78 is 13.3. The van der Waals surface area contributed by atoms with Crippen molar-refractivity contribution < 1.29 is 9.18 Å². The molecule has 0 bridgehead atoms. The van der Waals surface area contributed by atoms with Crippen LogP contribution < -0.4 is 0 Å². The van der Waals surface area contributed by atoms with Crippen molar-refractivity contribution in [3.63, 3.8) is 0 Å². The van der Waals surface area contributed by atoms with Crippen molar-refractivity contribution in [3.8, 4) is 0 Å². The minimum Gasteiger partial charge on any atom is -0.338 e. The molecule has 1 aromatic rings. The first kappa shape index (κ1) is 16.0. The molecule has 0 spiro atoms. The first-order chi connectivity index (χ1) is 9.92. The quantitative estimate of drug-likeness (QED) is 0.729. The molecule has 0 N–H and O–H groups in total. The van der Waals surface area contributed by atoms with E-state index in [9.17, 15) is 9.18 Å². The molecule has 1 aliphatic carbocycles. The zero-order chi connectivity index (χ0) is 15.5. The van der Waals surface area contributed by atoms with Crippen LogP contribution in [0.3, 0.4) is 0 Å². The Morgan fingerprint density at radius 2 is 2.10 bits per heavy atom. The van der Waals surface area contributed by atoms with Crippen molar-refractivity contribution in [2.75, 3.05) is 6.54 Å². The normalized spacial score (nSPS) is 15.0. The summed E-state index contributed by atoms with van der Waals surface area (Å²) in [5, 5.41) is 0. The highest BCUT2D eigenvalue weighted by Crippen LogP contribution is 2.33. The van der Waals surface area contributed by atoms with Crippen LogP contribution in [0.25, 0.3) is 0 Å². The van der Waals surface area contributed by atoms with Gasteiger partial charge < -0.3 is 4.90 Å². The molecule has 2 rings (SSSR count). The molecule has 0 atom stereocenters. The monoisotopic (exact) mass is 291 g/mol. The van der Waals surface area contributed by atoms with Gasteiger partial charge in [0.2, 0.25) is 5.91 Å². The molecule has 0 aliphatic heterocycles. The van der Waals surface area contributed by atoms with Crippen LogP contribution >= 0.6 is 0 Å². The summed E-state index contributed by atoms with van der Waals surface area (Å²) in [6.45, 7) is 7.31. The van der Waals surface area contributed by atoms with Gasteiger partial charge in [0.15, 0.2) is 0 Å². The first-order valence-corrected chi connectivity index (χ1v) is 7.96. The fraction of sp³-hybridized carbons (Fsp3) is 0.611. The number of hydrogen-bond acceptors (Lipinski definition) is 1. The van der Waals surface area contributed by atoms with Crippen LogP contribution in [0.1, 0.15) is 52.0 Å². The van der Waals surface area contributed by atoms with E-state index in [1.54, 1.807) is 6.07 Å². The average Bonchev–Trinajstić information content (AvgIpc) is 3.27. The number of nitrogens with zero attached hydrogens (tertiary/aromatic N) is 1. The van der Waals surface area contributed by atoms with Crippen molar-refractivity contribution in [1.29, 1.82) is 0 Å². The molecule has 21 heavy (non-hydrogen) atoms. The highest BCUT2D eigenvalue weighted by Gasteiger charge is 2.31. The molecule has 0 unspecified atom stereocenters. The summed E-state index contributed by atoms with van der Waals surface area (Å²) >= 11 is 0. The maximum atomic E-state index is 13.3. The molecule has 0 saturated heterocycles. The lowest BCUT2D eigenvalue weighted by Crippen LogP contribution is -2.41. The Balaban J connectivity index is 2.08. The Kier molecular flexibility index (Phi) is 5.02. The number of benzene rings is 1. The zero-order valence-electron chi connectivity index (χ0n) is 13.4. The van der Waals surface area contributed by atoms with E-state index < -0.39 is 0 Å². The molecule has 1 aromatic carbocycles. The number of carbonyl (C=O) groups excluding carboxylic acids is 1. The van der Waals surface area contributed by atoms with E-state index in [-0.39, 0.29) is 17.1 Å². The van der Waals surface area contributed by atoms with E-state index in [1.165, 1.54) is 25.0 Å². The molecule has 3 heteroatoms. The van der Waals surface area contributed by atoms with E-state index in [1.807, 2.05) is 31.7 Å². The summed E-state index contributed by atoms with van der Waals surface area (Å²) in [4.78, 5) is 14.7. The minimum atomic E-state index is -0.350. The molecular formula is C18H26FNO. The third-order valence-corrected chi connectivity index (χ3v) is 4.52. The highest BCUT2D eigenvalue weighted by atomic mass is 19.1. The zero-order valence-corrected chi connectivity index (χ0v) is 13.4. The number of amides is 1. The lowest BCUT2D eigenvalue weighted by Gasteiger charge is -2.31. The molecule has 116 valence electrons. The lowest BCUT2D eigenvalue weighted by molar-refractivity contribution is -0.141. The van der Waals surface area contributed by atoms with E-state index in [0.717, 1.165) is 30.9 Å². The van der Waals surface area contributed by atoms with Crippen LogP contribution in [0.2, 0.25) is 0 Å². The van der Waals surface area contributed by atoms with Gasteiger partial charge in [-0.2, -0.15) is 0 Å². The second kappa shape index (κ2) is 6.59. The second-order valence-corrected chi connectivity index (χ2v) is 6.83. The maximum Gasteiger partial charge on any atom is 0.228 e. The van der Waals surface area contributed by atoms with E-state index >= 15 is 0 Å². The van der Waals surface area contributed by atoms with Crippen LogP contribution in [0, 0.1) is 17.2 Å². The standard InChI is InChI=1S/C18H26FNO/c1-4-18(2,3)17(21)20(11-10-14-8-9-14)13-15-6-5-7-16(19)12-15/h5-7,12,14H,4,8-11,13H2,1-3H3. The predicted octanol–water partition coefficient (Wildman–Crippen LogP) is 4.39. The van der Waals surface area contributed by atoms with Gasteiger partial charge in [-0.1, -0.05) is 45.7 Å². The topological polar surface area (TPSA) is 20.3 Å². The summed E-state index contributed by atoms with van der Waals surface area (Å²) in [6.07, 6.45) is 4.47. The van der Waals surface area contributed by atoms with Gasteiger partial charge in [-0.15, -0.1) is 0 Å². The smallest absolute Gasteiger partial charge is 0.228 e. The van der Waals surface area contributed by atoms with Gasteiger partial charge in [-0.25, -0.2) is 4.39 Å². The SMILES string of the molecule is CCC(C)(C)C(=O)N(CCC1CC1)Cc1cccc(F)c1. The molecule has 1 saturated carbocycles. The van der Waals surface area contributed by atoms with Gasteiger partial charge in [-0.05, 0) is 36.5 Å². The summed E-state index contributed by atoms with van der Waals surface area (Å²) in [7, 11) is 0. The lowest BCUT2D eigenvalue weighted by atomic mass is 9.88. The Morgan fingerprint density at radius 1 is 1.38 bits per heavy atom. The molecule has 0 aromatic heterocycles. The van der Waals surface area contributed by atoms with E-state index in [0.29, 0.717) is 6.54 Å². The Morgan fingerprint density at radius 3 is 2.67 bits per heavy atom. The Hall–Kier alpha value is -1.38. The van der Waals surface area contributed by atoms with Crippen molar-refractivity contribution in [1.82, 2.24) is 4.90 Å². The van der Waals surface area contributed by atoms with Crippen molar-refractivity contribution in [3.05, 3.63) is 35.6 Å². The third-order valence-electron chi connectivity index (χ3n) is 4.52. The molecule has 2 nitrogen and oxygen atoms in total. The predicted molar refractivity (Wildman–Crippen MR) is 83.2 cm³/mol. The third kappa shape index (κ3) is 4.55. The fourth-order valence-corrected chi connectivity index (χ4v) is 2.43. The van der Waals surface area contributed by atoms with Crippen molar-refractivity contribution >= 4 is 5.91 Å². The van der Waals surface area contributed by atoms with Gasteiger partial charge in [0.25, 0.3) is 0 Å². The van der Waals surface area contributed by atoms with Gasteiger partial charge >= 0.3 is 0 Å². The van der Waals surface area contributed by atoms with Gasteiger partial charge in [0.1, 0.15) is 5.82 Å². The second-order valence-electron chi connectivity index (χ2n) is 6.83. The summed E-state index contributed by atoms with van der Waals surface area (Å²) in [5.74, 6) is 0.726. The van der Waals surface area contributed by atoms with Crippen molar-refractivity contribution in [2.45, 2.75) is 53.0 Å². The largest absolute Gasteiger partial charge is 0.338 e. The van der Waals surface area contributed by atoms with E-state index in [4.69, 9.17) is 0 Å². The maximum absolute atomic E-state index is 13.3. The van der Waals surface area contributed by atoms with Gasteiger partial charge in [0.05, 0.1) is 0 Å². The molecule has 1 fully saturated rings. The van der Waals surface area contributed by atoms with E-state index in [2.05, 4.69) is 0 Å². The molecule has 1 amide bonds. The molecule has 0 radical (unpaired) electrons. The van der Waals surface area contributed by atoms with Crippen molar-refractivity contribution in [2.24, 2.45) is 11.3 Å². The van der Waals surface area contributed by atoms with Crippen LogP contribution in [0.4, 0.5) is 4.39 Å². The number of hydrogen-bond donors (Lipinski definition) is 0. The number of carbonyl (C=O) groups is 1. The minimum absolute atomic E-state index is 0.176. The first-order valence-electron chi connectivity index (χ1n) is 7.96. The Bertz CT molecular complexity index is 494. The van der Waals surface area contributed by atoms with Crippen LogP contribution in [-0.4, -0.2) is 17.4 Å². The van der Waals surface area contributed by atoms with Crippen LogP contribution in [-0.2, 0) is 11.3 Å². The van der Waals surface area contributed by atoms with Gasteiger partial charge in [-0.3, -0.25) is 4.79 Å². The molecule has 1 aliphatic rings. The highest BCUT2D eigenvalue weighted by molar-refractivity contribution is 5.81.